The number of phenols is 1. The minimum Gasteiger partial charge on any atom is -0.508 e. The monoisotopic (exact) mass is 269 g/mol. The highest BCUT2D eigenvalue weighted by Gasteiger charge is 2.23. The molecular weight excluding hydrogens is 250 g/mol. The molecule has 104 valence electrons. The third-order valence-corrected chi connectivity index (χ3v) is 3.76. The number of fused-ring (bicyclic) bond motifs is 1. The van der Waals surface area contributed by atoms with Crippen LogP contribution in [0, 0.1) is 0 Å². The van der Waals surface area contributed by atoms with Crippen molar-refractivity contribution < 1.29 is 9.84 Å². The normalized spacial score (nSPS) is 16.8. The van der Waals surface area contributed by atoms with Gasteiger partial charge < -0.3 is 15.2 Å². The van der Waals surface area contributed by atoms with Crippen molar-refractivity contribution in [2.24, 2.45) is 0 Å². The number of ether oxygens (including phenoxy) is 1. The Kier molecular flexibility index (Phi) is 3.61. The van der Waals surface area contributed by atoms with Crippen LogP contribution in [0.4, 0.5) is 0 Å². The third-order valence-electron chi connectivity index (χ3n) is 3.76. The average Bonchev–Trinajstić information content (AvgIpc) is 2.88. The van der Waals surface area contributed by atoms with Crippen molar-refractivity contribution in [1.29, 1.82) is 0 Å². The van der Waals surface area contributed by atoms with Crippen LogP contribution in [0.25, 0.3) is 0 Å². The van der Waals surface area contributed by atoms with Crippen LogP contribution in [0.2, 0.25) is 0 Å². The lowest BCUT2D eigenvalue weighted by molar-refractivity contribution is 0.309. The molecule has 0 fully saturated rings. The lowest BCUT2D eigenvalue weighted by Crippen LogP contribution is -2.21. The quantitative estimate of drug-likeness (QED) is 0.895. The van der Waals surface area contributed by atoms with E-state index in [9.17, 15) is 5.11 Å². The van der Waals surface area contributed by atoms with E-state index in [4.69, 9.17) is 4.74 Å². The van der Waals surface area contributed by atoms with Gasteiger partial charge in [-0.05, 0) is 29.7 Å². The summed E-state index contributed by atoms with van der Waals surface area (Å²) in [6, 6.07) is 14.2. The molecule has 3 nitrogen and oxygen atoms in total. The molecule has 0 saturated carbocycles. The smallest absolute Gasteiger partial charge is 0.127 e. The fourth-order valence-corrected chi connectivity index (χ4v) is 2.50. The topological polar surface area (TPSA) is 41.5 Å². The van der Waals surface area contributed by atoms with Crippen LogP contribution in [0.1, 0.15) is 29.7 Å². The minimum atomic E-state index is 0.191. The molecular formula is C17H19NO2. The molecule has 0 aliphatic carbocycles. The molecule has 2 N–H and O–H groups in total. The first-order chi connectivity index (χ1) is 9.76. The maximum Gasteiger partial charge on any atom is 0.127 e. The molecule has 0 amide bonds. The van der Waals surface area contributed by atoms with Crippen molar-refractivity contribution in [3.63, 3.8) is 0 Å². The number of hydrogen-bond donors (Lipinski definition) is 2. The Morgan fingerprint density at radius 3 is 2.65 bits per heavy atom. The SMILES string of the molecule is CCc1ccc(CNC2COc3cc(O)ccc32)cc1. The lowest BCUT2D eigenvalue weighted by Gasteiger charge is -2.12. The molecule has 1 heterocycles. The second-order valence-electron chi connectivity index (χ2n) is 5.14. The van der Waals surface area contributed by atoms with Gasteiger partial charge in [0.25, 0.3) is 0 Å². The summed E-state index contributed by atoms with van der Waals surface area (Å²) in [5, 5.41) is 12.9. The van der Waals surface area contributed by atoms with E-state index in [1.54, 1.807) is 12.1 Å². The zero-order valence-corrected chi connectivity index (χ0v) is 11.6. The van der Waals surface area contributed by atoms with Gasteiger partial charge in [0.1, 0.15) is 18.1 Å². The molecule has 1 atom stereocenters. The molecule has 0 bridgehead atoms. The van der Waals surface area contributed by atoms with Gasteiger partial charge in [0.15, 0.2) is 0 Å². The van der Waals surface area contributed by atoms with Gasteiger partial charge in [-0.15, -0.1) is 0 Å². The van der Waals surface area contributed by atoms with Gasteiger partial charge in [-0.25, -0.2) is 0 Å². The van der Waals surface area contributed by atoms with Crippen LogP contribution >= 0.6 is 0 Å². The van der Waals surface area contributed by atoms with E-state index in [1.165, 1.54) is 11.1 Å². The highest BCUT2D eigenvalue weighted by atomic mass is 16.5. The van der Waals surface area contributed by atoms with Gasteiger partial charge in [-0.1, -0.05) is 31.2 Å². The standard InChI is InChI=1S/C17H19NO2/c1-2-12-3-5-13(6-4-12)10-18-16-11-20-17-9-14(19)7-8-15(16)17/h3-9,16,18-19H,2,10-11H2,1H3. The number of benzene rings is 2. The summed E-state index contributed by atoms with van der Waals surface area (Å²) in [4.78, 5) is 0. The molecule has 1 unspecified atom stereocenters. The maximum absolute atomic E-state index is 9.44. The highest BCUT2D eigenvalue weighted by Crippen LogP contribution is 2.34. The first kappa shape index (κ1) is 13.0. The van der Waals surface area contributed by atoms with Crippen LogP contribution in [0.5, 0.6) is 11.5 Å². The Morgan fingerprint density at radius 2 is 1.90 bits per heavy atom. The molecule has 1 aliphatic rings. The van der Waals surface area contributed by atoms with Crippen molar-refractivity contribution in [3.05, 3.63) is 59.2 Å². The van der Waals surface area contributed by atoms with Crippen molar-refractivity contribution >= 4 is 0 Å². The van der Waals surface area contributed by atoms with E-state index in [1.807, 2.05) is 6.07 Å². The van der Waals surface area contributed by atoms with Crippen LogP contribution in [0.15, 0.2) is 42.5 Å². The van der Waals surface area contributed by atoms with Crippen molar-refractivity contribution in [2.45, 2.75) is 25.9 Å². The highest BCUT2D eigenvalue weighted by molar-refractivity contribution is 5.44. The molecule has 3 rings (SSSR count). The third kappa shape index (κ3) is 2.63. The molecule has 20 heavy (non-hydrogen) atoms. The average molecular weight is 269 g/mol. The van der Waals surface area contributed by atoms with E-state index in [0.29, 0.717) is 6.61 Å². The largest absolute Gasteiger partial charge is 0.508 e. The zero-order valence-electron chi connectivity index (χ0n) is 11.6. The van der Waals surface area contributed by atoms with Gasteiger partial charge in [-0.2, -0.15) is 0 Å². The lowest BCUT2D eigenvalue weighted by atomic mass is 10.1. The summed E-state index contributed by atoms with van der Waals surface area (Å²) in [6.45, 7) is 3.60. The first-order valence-corrected chi connectivity index (χ1v) is 7.03. The summed E-state index contributed by atoms with van der Waals surface area (Å²) in [6.07, 6.45) is 1.07. The van der Waals surface area contributed by atoms with E-state index < -0.39 is 0 Å². The number of rotatable bonds is 4. The predicted octanol–water partition coefficient (Wildman–Crippen LogP) is 3.18. The van der Waals surface area contributed by atoms with E-state index in [-0.39, 0.29) is 11.8 Å². The van der Waals surface area contributed by atoms with Crippen molar-refractivity contribution in [1.82, 2.24) is 5.32 Å². The maximum atomic E-state index is 9.44. The molecule has 1 aliphatic heterocycles. The fourth-order valence-electron chi connectivity index (χ4n) is 2.50. The zero-order chi connectivity index (χ0) is 13.9. The van der Waals surface area contributed by atoms with E-state index in [2.05, 4.69) is 36.5 Å². The second kappa shape index (κ2) is 5.55. The van der Waals surface area contributed by atoms with Crippen molar-refractivity contribution in [2.75, 3.05) is 6.61 Å². The summed E-state index contributed by atoms with van der Waals surface area (Å²) in [7, 11) is 0. The fraction of sp³-hybridized carbons (Fsp3) is 0.294. The number of nitrogens with one attached hydrogen (secondary N) is 1. The molecule has 2 aromatic carbocycles. The van der Waals surface area contributed by atoms with Gasteiger partial charge in [0.05, 0.1) is 6.04 Å². The predicted molar refractivity (Wildman–Crippen MR) is 79.0 cm³/mol. The van der Waals surface area contributed by atoms with Gasteiger partial charge >= 0.3 is 0 Å². The molecule has 3 heteroatoms. The molecule has 2 aromatic rings. The van der Waals surface area contributed by atoms with Crippen LogP contribution in [-0.2, 0) is 13.0 Å². The molecule has 0 radical (unpaired) electrons. The molecule has 0 saturated heterocycles. The minimum absolute atomic E-state index is 0.191. The number of aromatic hydroxyl groups is 1. The molecule has 0 aromatic heterocycles. The summed E-state index contributed by atoms with van der Waals surface area (Å²) in [5.74, 6) is 1.03. The Morgan fingerprint density at radius 1 is 1.15 bits per heavy atom. The van der Waals surface area contributed by atoms with Gasteiger partial charge in [0.2, 0.25) is 0 Å². The van der Waals surface area contributed by atoms with Crippen LogP contribution < -0.4 is 10.1 Å². The first-order valence-electron chi connectivity index (χ1n) is 7.03. The van der Waals surface area contributed by atoms with Gasteiger partial charge in [-0.3, -0.25) is 0 Å². The summed E-state index contributed by atoms with van der Waals surface area (Å²) >= 11 is 0. The van der Waals surface area contributed by atoms with Crippen molar-refractivity contribution in [3.8, 4) is 11.5 Å². The molecule has 0 spiro atoms. The summed E-state index contributed by atoms with van der Waals surface area (Å²) in [5.41, 5.74) is 3.75. The van der Waals surface area contributed by atoms with Gasteiger partial charge in [0, 0.05) is 18.2 Å². The Bertz CT molecular complexity index is 592. The van der Waals surface area contributed by atoms with Crippen LogP contribution in [-0.4, -0.2) is 11.7 Å². The van der Waals surface area contributed by atoms with Crippen LogP contribution in [0.3, 0.4) is 0 Å². The Hall–Kier alpha value is -2.00. The Labute approximate surface area is 119 Å². The summed E-state index contributed by atoms with van der Waals surface area (Å²) < 4.78 is 5.59. The number of phenolic OH excluding ortho intramolecular Hbond substituents is 1. The Balaban J connectivity index is 1.65. The van der Waals surface area contributed by atoms with E-state index in [0.717, 1.165) is 24.3 Å². The van der Waals surface area contributed by atoms with E-state index >= 15 is 0 Å². The number of aryl methyl sites for hydroxylation is 1. The number of hydrogen-bond acceptors (Lipinski definition) is 3. The second-order valence-corrected chi connectivity index (χ2v) is 5.14.